The molecule has 0 radical (unpaired) electrons. The van der Waals surface area contributed by atoms with Crippen LogP contribution in [-0.4, -0.2) is 58.2 Å². The molecule has 0 saturated carbocycles. The van der Waals surface area contributed by atoms with Crippen molar-refractivity contribution < 1.29 is 4.79 Å². The highest BCUT2D eigenvalue weighted by Gasteiger charge is 2.18. The number of nitrogens with two attached hydrogens (primary N) is 1. The summed E-state index contributed by atoms with van der Waals surface area (Å²) in [6.07, 6.45) is 2.54. The number of rotatable bonds is 5. The van der Waals surface area contributed by atoms with E-state index in [-0.39, 0.29) is 18.4 Å². The molecular weight excluding hydrogens is 258 g/mol. The number of nitrogens with one attached hydrogen (secondary N) is 1. The van der Waals surface area contributed by atoms with E-state index in [1.165, 1.54) is 0 Å². The van der Waals surface area contributed by atoms with Crippen LogP contribution in [0.15, 0.2) is 6.20 Å². The van der Waals surface area contributed by atoms with Gasteiger partial charge < -0.3 is 15.5 Å². The maximum atomic E-state index is 11.9. The first kappa shape index (κ1) is 14.0. The number of carbonyl (C=O) groups is 1. The maximum Gasteiger partial charge on any atom is 0.241 e. The molecule has 0 spiro atoms. The number of hydrogen-bond donors (Lipinski definition) is 2. The molecule has 0 unspecified atom stereocenters. The van der Waals surface area contributed by atoms with Crippen molar-refractivity contribution in [2.24, 2.45) is 0 Å². The van der Waals surface area contributed by atoms with Crippen LogP contribution in [0.5, 0.6) is 0 Å². The Morgan fingerprint density at radius 3 is 2.80 bits per heavy atom. The molecular formula is C12H19N7O. The zero-order chi connectivity index (χ0) is 14.7. The molecule has 0 bridgehead atoms. The van der Waals surface area contributed by atoms with E-state index in [0.717, 1.165) is 11.8 Å². The average Bonchev–Trinajstić information content (AvgIpc) is 2.84. The molecule has 1 amide bonds. The number of nitrogen functional groups attached to an aromatic ring is 1. The highest BCUT2D eigenvalue weighted by molar-refractivity contribution is 5.90. The third-order valence-corrected chi connectivity index (χ3v) is 2.92. The molecule has 8 nitrogen and oxygen atoms in total. The predicted molar refractivity (Wildman–Crippen MR) is 77.3 cm³/mol. The van der Waals surface area contributed by atoms with Crippen molar-refractivity contribution >= 4 is 28.7 Å². The largest absolute Gasteiger partial charge is 0.368 e. The number of amides is 1. The Kier molecular flexibility index (Phi) is 4.02. The van der Waals surface area contributed by atoms with Crippen LogP contribution in [0.4, 0.5) is 11.8 Å². The van der Waals surface area contributed by atoms with Gasteiger partial charge in [-0.05, 0) is 6.42 Å². The summed E-state index contributed by atoms with van der Waals surface area (Å²) in [4.78, 5) is 23.7. The van der Waals surface area contributed by atoms with Crippen LogP contribution >= 0.6 is 0 Å². The number of hydrogen-bond acceptors (Lipinski definition) is 6. The summed E-state index contributed by atoms with van der Waals surface area (Å²) in [6.45, 7) is 3.00. The number of H-pyrrole nitrogens is 1. The second kappa shape index (κ2) is 5.72. The van der Waals surface area contributed by atoms with E-state index >= 15 is 0 Å². The van der Waals surface area contributed by atoms with Crippen molar-refractivity contribution in [1.82, 2.24) is 25.1 Å². The minimum absolute atomic E-state index is 0.00674. The maximum absolute atomic E-state index is 11.9. The molecule has 2 aromatic rings. The first-order chi connectivity index (χ1) is 9.52. The summed E-state index contributed by atoms with van der Waals surface area (Å²) in [7, 11) is 3.46. The fourth-order valence-corrected chi connectivity index (χ4v) is 1.91. The number of anilines is 2. The molecule has 0 saturated heterocycles. The molecule has 0 aliphatic rings. The molecule has 2 heterocycles. The van der Waals surface area contributed by atoms with Crippen LogP contribution in [0.25, 0.3) is 11.0 Å². The SMILES string of the molecule is CCCN(CC(=O)N(C)C)c1nc(N)nc2[nH]ncc12. The quantitative estimate of drug-likeness (QED) is 0.811. The van der Waals surface area contributed by atoms with Crippen molar-refractivity contribution in [2.45, 2.75) is 13.3 Å². The summed E-state index contributed by atoms with van der Waals surface area (Å²) in [6, 6.07) is 0. The van der Waals surface area contributed by atoms with E-state index in [0.29, 0.717) is 18.0 Å². The summed E-state index contributed by atoms with van der Waals surface area (Å²) in [5.41, 5.74) is 6.29. The number of fused-ring (bicyclic) bond motifs is 1. The number of carbonyl (C=O) groups excluding carboxylic acids is 1. The molecule has 0 fully saturated rings. The fourth-order valence-electron chi connectivity index (χ4n) is 1.91. The molecule has 108 valence electrons. The van der Waals surface area contributed by atoms with Gasteiger partial charge in [0.15, 0.2) is 5.65 Å². The molecule has 0 atom stereocenters. The lowest BCUT2D eigenvalue weighted by Gasteiger charge is -2.24. The Bertz CT molecular complexity index is 607. The standard InChI is InChI=1S/C12H19N7O/c1-4-5-19(7-9(20)18(2)3)11-8-6-14-17-10(8)15-12(13)16-11/h6H,4-5,7H2,1-3H3,(H3,13,14,15,16,17). The van der Waals surface area contributed by atoms with Crippen LogP contribution in [0.1, 0.15) is 13.3 Å². The predicted octanol–water partition coefficient (Wildman–Crippen LogP) is 0.240. The van der Waals surface area contributed by atoms with Crippen molar-refractivity contribution in [3.63, 3.8) is 0 Å². The molecule has 2 rings (SSSR count). The van der Waals surface area contributed by atoms with Crippen LogP contribution in [0, 0.1) is 0 Å². The average molecular weight is 277 g/mol. The highest BCUT2D eigenvalue weighted by atomic mass is 16.2. The molecule has 0 aliphatic heterocycles. The fraction of sp³-hybridized carbons (Fsp3) is 0.500. The molecule has 0 aromatic carbocycles. The summed E-state index contributed by atoms with van der Waals surface area (Å²) < 4.78 is 0. The van der Waals surface area contributed by atoms with Gasteiger partial charge in [-0.2, -0.15) is 15.1 Å². The third kappa shape index (κ3) is 2.79. The van der Waals surface area contributed by atoms with E-state index in [1.54, 1.807) is 25.2 Å². The Hall–Kier alpha value is -2.38. The van der Waals surface area contributed by atoms with E-state index in [2.05, 4.69) is 20.2 Å². The van der Waals surface area contributed by atoms with Gasteiger partial charge in [-0.25, -0.2) is 0 Å². The lowest BCUT2D eigenvalue weighted by atomic mass is 10.3. The van der Waals surface area contributed by atoms with Crippen LogP contribution in [0.2, 0.25) is 0 Å². The molecule has 8 heteroatoms. The van der Waals surface area contributed by atoms with E-state index < -0.39 is 0 Å². The van der Waals surface area contributed by atoms with Gasteiger partial charge in [0.05, 0.1) is 18.1 Å². The number of aromatic amines is 1. The molecule has 20 heavy (non-hydrogen) atoms. The minimum Gasteiger partial charge on any atom is -0.368 e. The van der Waals surface area contributed by atoms with Crippen molar-refractivity contribution in [2.75, 3.05) is 37.8 Å². The lowest BCUT2D eigenvalue weighted by molar-refractivity contribution is -0.127. The van der Waals surface area contributed by atoms with Gasteiger partial charge in [-0.15, -0.1) is 0 Å². The molecule has 0 aliphatic carbocycles. The normalized spacial score (nSPS) is 10.8. The first-order valence-electron chi connectivity index (χ1n) is 6.44. The highest BCUT2D eigenvalue weighted by Crippen LogP contribution is 2.23. The van der Waals surface area contributed by atoms with Crippen LogP contribution in [-0.2, 0) is 4.79 Å². The summed E-state index contributed by atoms with van der Waals surface area (Å²) in [5, 5.41) is 7.49. The number of likely N-dealkylation sites (N-methyl/N-ethyl adjacent to an activating group) is 1. The minimum atomic E-state index is 0.00674. The van der Waals surface area contributed by atoms with Gasteiger partial charge in [0, 0.05) is 20.6 Å². The van der Waals surface area contributed by atoms with Crippen LogP contribution in [0.3, 0.4) is 0 Å². The Labute approximate surface area is 117 Å². The monoisotopic (exact) mass is 277 g/mol. The number of nitrogens with zero attached hydrogens (tertiary/aromatic N) is 5. The Morgan fingerprint density at radius 2 is 2.15 bits per heavy atom. The zero-order valence-electron chi connectivity index (χ0n) is 11.9. The molecule has 3 N–H and O–H groups in total. The van der Waals surface area contributed by atoms with Crippen molar-refractivity contribution in [3.8, 4) is 0 Å². The van der Waals surface area contributed by atoms with Gasteiger partial charge in [-0.3, -0.25) is 9.89 Å². The Morgan fingerprint density at radius 1 is 1.40 bits per heavy atom. The van der Waals surface area contributed by atoms with Gasteiger partial charge in [-0.1, -0.05) is 6.92 Å². The van der Waals surface area contributed by atoms with E-state index in [1.807, 2.05) is 11.8 Å². The summed E-state index contributed by atoms with van der Waals surface area (Å²) >= 11 is 0. The number of aromatic nitrogens is 4. The Balaban J connectivity index is 2.40. The zero-order valence-corrected chi connectivity index (χ0v) is 11.9. The van der Waals surface area contributed by atoms with Crippen molar-refractivity contribution in [1.29, 1.82) is 0 Å². The third-order valence-electron chi connectivity index (χ3n) is 2.92. The molecule has 2 aromatic heterocycles. The van der Waals surface area contributed by atoms with Gasteiger partial charge in [0.25, 0.3) is 0 Å². The second-order valence-corrected chi connectivity index (χ2v) is 4.75. The second-order valence-electron chi connectivity index (χ2n) is 4.75. The smallest absolute Gasteiger partial charge is 0.241 e. The van der Waals surface area contributed by atoms with E-state index in [4.69, 9.17) is 5.73 Å². The van der Waals surface area contributed by atoms with Crippen molar-refractivity contribution in [3.05, 3.63) is 6.20 Å². The summed E-state index contributed by atoms with van der Waals surface area (Å²) in [5.74, 6) is 0.806. The van der Waals surface area contributed by atoms with Crippen LogP contribution < -0.4 is 10.6 Å². The van der Waals surface area contributed by atoms with Gasteiger partial charge >= 0.3 is 0 Å². The first-order valence-corrected chi connectivity index (χ1v) is 6.44. The van der Waals surface area contributed by atoms with E-state index in [9.17, 15) is 4.79 Å². The topological polar surface area (TPSA) is 104 Å². The van der Waals surface area contributed by atoms with Gasteiger partial charge in [0.1, 0.15) is 5.82 Å². The lowest BCUT2D eigenvalue weighted by Crippen LogP contribution is -2.37. The van der Waals surface area contributed by atoms with Gasteiger partial charge in [0.2, 0.25) is 11.9 Å².